The lowest BCUT2D eigenvalue weighted by atomic mass is 10.0. The molecule has 156 valence electrons. The first-order valence-corrected chi connectivity index (χ1v) is 11.2. The van der Waals surface area contributed by atoms with Crippen LogP contribution in [0.4, 0.5) is 0 Å². The van der Waals surface area contributed by atoms with Crippen molar-refractivity contribution in [3.8, 4) is 0 Å². The maximum absolute atomic E-state index is 12.1. The van der Waals surface area contributed by atoms with Crippen molar-refractivity contribution in [2.75, 3.05) is 13.1 Å². The molecule has 4 N–H and O–H groups in total. The SMILES string of the molecule is Cl.NCC1CCCC1NC(=O)CCCCCN=C1NS(=O)(=O)c2ccccc21. The van der Waals surface area contributed by atoms with Crippen molar-refractivity contribution >= 4 is 34.2 Å². The molecule has 1 saturated carbocycles. The van der Waals surface area contributed by atoms with Crippen LogP contribution in [-0.2, 0) is 14.8 Å². The second-order valence-electron chi connectivity index (χ2n) is 7.24. The normalized spacial score (nSPS) is 23.7. The topological polar surface area (TPSA) is 114 Å². The lowest BCUT2D eigenvalue weighted by Gasteiger charge is -2.19. The molecule has 0 saturated heterocycles. The summed E-state index contributed by atoms with van der Waals surface area (Å²) in [5.74, 6) is 0.935. The molecular formula is C19H29ClN4O3S. The van der Waals surface area contributed by atoms with E-state index in [1.165, 1.54) is 0 Å². The van der Waals surface area contributed by atoms with Gasteiger partial charge in [0.25, 0.3) is 10.0 Å². The molecule has 2 atom stereocenters. The Balaban J connectivity index is 0.00000280. The quantitative estimate of drug-likeness (QED) is 0.549. The molecule has 9 heteroatoms. The van der Waals surface area contributed by atoms with E-state index in [-0.39, 0.29) is 29.3 Å². The molecule has 0 aromatic heterocycles. The molecule has 2 aliphatic rings. The van der Waals surface area contributed by atoms with E-state index in [1.54, 1.807) is 24.3 Å². The van der Waals surface area contributed by atoms with E-state index in [1.807, 2.05) is 0 Å². The molecule has 1 amide bonds. The van der Waals surface area contributed by atoms with Gasteiger partial charge >= 0.3 is 0 Å². The van der Waals surface area contributed by atoms with Crippen LogP contribution < -0.4 is 15.8 Å². The van der Waals surface area contributed by atoms with Gasteiger partial charge < -0.3 is 11.1 Å². The summed E-state index contributed by atoms with van der Waals surface area (Å²) < 4.78 is 26.5. The Kier molecular flexibility index (Phi) is 8.27. The van der Waals surface area contributed by atoms with Gasteiger partial charge in [0.2, 0.25) is 5.91 Å². The van der Waals surface area contributed by atoms with Gasteiger partial charge in [-0.15, -0.1) is 12.4 Å². The Morgan fingerprint density at radius 2 is 2.00 bits per heavy atom. The van der Waals surface area contributed by atoms with Gasteiger partial charge in [-0.1, -0.05) is 25.0 Å². The number of rotatable bonds is 8. The predicted octanol–water partition coefficient (Wildman–Crippen LogP) is 1.95. The van der Waals surface area contributed by atoms with Crippen LogP contribution in [0.1, 0.15) is 50.5 Å². The third-order valence-corrected chi connectivity index (χ3v) is 6.70. The van der Waals surface area contributed by atoms with Gasteiger partial charge in [0.15, 0.2) is 0 Å². The van der Waals surface area contributed by atoms with Crippen molar-refractivity contribution in [3.05, 3.63) is 29.8 Å². The molecule has 0 spiro atoms. The average molecular weight is 429 g/mol. The fourth-order valence-electron chi connectivity index (χ4n) is 3.80. The number of hydrogen-bond acceptors (Lipinski definition) is 5. The molecule has 1 aliphatic carbocycles. The molecular weight excluding hydrogens is 400 g/mol. The zero-order chi connectivity index (χ0) is 19.3. The lowest BCUT2D eigenvalue weighted by Crippen LogP contribution is -2.39. The zero-order valence-corrected chi connectivity index (χ0v) is 17.5. The molecule has 1 fully saturated rings. The highest BCUT2D eigenvalue weighted by molar-refractivity contribution is 7.90. The maximum Gasteiger partial charge on any atom is 0.263 e. The largest absolute Gasteiger partial charge is 0.353 e. The van der Waals surface area contributed by atoms with Crippen LogP contribution in [-0.4, -0.2) is 39.3 Å². The van der Waals surface area contributed by atoms with Gasteiger partial charge in [0, 0.05) is 24.6 Å². The summed E-state index contributed by atoms with van der Waals surface area (Å²) in [5, 5.41) is 3.11. The highest BCUT2D eigenvalue weighted by Crippen LogP contribution is 2.25. The summed E-state index contributed by atoms with van der Waals surface area (Å²) in [6.45, 7) is 1.17. The van der Waals surface area contributed by atoms with Crippen LogP contribution in [0.3, 0.4) is 0 Å². The molecule has 1 aromatic rings. The number of fused-ring (bicyclic) bond motifs is 1. The first kappa shape index (κ1) is 22.6. The number of sulfonamides is 1. The number of amides is 1. The highest BCUT2D eigenvalue weighted by atomic mass is 35.5. The van der Waals surface area contributed by atoms with Gasteiger partial charge in [0.1, 0.15) is 5.84 Å². The number of halogens is 1. The Morgan fingerprint density at radius 3 is 2.79 bits per heavy atom. The van der Waals surface area contributed by atoms with E-state index >= 15 is 0 Å². The maximum atomic E-state index is 12.1. The number of benzene rings is 1. The summed E-state index contributed by atoms with van der Waals surface area (Å²) in [6.07, 6.45) is 6.29. The minimum atomic E-state index is -3.47. The Morgan fingerprint density at radius 1 is 1.21 bits per heavy atom. The van der Waals surface area contributed by atoms with Crippen molar-refractivity contribution in [1.29, 1.82) is 0 Å². The second kappa shape index (κ2) is 10.2. The molecule has 0 radical (unpaired) electrons. The highest BCUT2D eigenvalue weighted by Gasteiger charge is 2.30. The third kappa shape index (κ3) is 5.46. The zero-order valence-electron chi connectivity index (χ0n) is 15.9. The van der Waals surface area contributed by atoms with E-state index in [9.17, 15) is 13.2 Å². The molecule has 3 rings (SSSR count). The standard InChI is InChI=1S/C19H28N4O3S.ClH/c20-13-14-7-6-9-16(14)22-18(24)11-2-1-5-12-21-19-15-8-3-4-10-17(15)27(25,26)23-19;/h3-4,8,10,14,16H,1-2,5-7,9,11-13,20H2,(H,21,23)(H,22,24);1H. The molecule has 0 bridgehead atoms. The second-order valence-corrected chi connectivity index (χ2v) is 8.89. The van der Waals surface area contributed by atoms with Gasteiger partial charge in [-0.05, 0) is 50.3 Å². The smallest absolute Gasteiger partial charge is 0.263 e. The van der Waals surface area contributed by atoms with Crippen LogP contribution in [0.2, 0.25) is 0 Å². The van der Waals surface area contributed by atoms with Crippen molar-refractivity contribution in [2.45, 2.75) is 55.9 Å². The number of carbonyl (C=O) groups is 1. The molecule has 2 unspecified atom stereocenters. The number of unbranched alkanes of at least 4 members (excludes halogenated alkanes) is 2. The summed E-state index contributed by atoms with van der Waals surface area (Å²) in [7, 11) is -3.47. The van der Waals surface area contributed by atoms with Gasteiger partial charge in [-0.2, -0.15) is 0 Å². The van der Waals surface area contributed by atoms with E-state index in [2.05, 4.69) is 15.0 Å². The number of nitrogens with two attached hydrogens (primary N) is 1. The first-order chi connectivity index (χ1) is 13.0. The number of nitrogens with zero attached hydrogens (tertiary/aromatic N) is 1. The fourth-order valence-corrected chi connectivity index (χ4v) is 5.06. The monoisotopic (exact) mass is 428 g/mol. The van der Waals surface area contributed by atoms with Crippen LogP contribution >= 0.6 is 12.4 Å². The van der Waals surface area contributed by atoms with E-state index in [4.69, 9.17) is 5.73 Å². The predicted molar refractivity (Wildman–Crippen MR) is 112 cm³/mol. The molecule has 28 heavy (non-hydrogen) atoms. The van der Waals surface area contributed by atoms with E-state index in [0.717, 1.165) is 38.5 Å². The molecule has 1 aliphatic heterocycles. The van der Waals surface area contributed by atoms with Crippen LogP contribution in [0.25, 0.3) is 0 Å². The number of nitrogens with one attached hydrogen (secondary N) is 2. The number of aliphatic imine (C=N–C) groups is 1. The summed E-state index contributed by atoms with van der Waals surface area (Å²) >= 11 is 0. The van der Waals surface area contributed by atoms with E-state index in [0.29, 0.717) is 36.8 Å². The molecule has 1 aromatic carbocycles. The van der Waals surface area contributed by atoms with Crippen molar-refractivity contribution < 1.29 is 13.2 Å². The molecule has 1 heterocycles. The van der Waals surface area contributed by atoms with Crippen molar-refractivity contribution in [2.24, 2.45) is 16.6 Å². The first-order valence-electron chi connectivity index (χ1n) is 9.67. The fraction of sp³-hybridized carbons (Fsp3) is 0.579. The minimum Gasteiger partial charge on any atom is -0.353 e. The van der Waals surface area contributed by atoms with Crippen molar-refractivity contribution in [1.82, 2.24) is 10.0 Å². The minimum absolute atomic E-state index is 0. The lowest BCUT2D eigenvalue weighted by molar-refractivity contribution is -0.122. The van der Waals surface area contributed by atoms with E-state index < -0.39 is 10.0 Å². The number of amidine groups is 1. The Hall–Kier alpha value is -1.64. The van der Waals surface area contributed by atoms with Gasteiger partial charge in [-0.25, -0.2) is 8.42 Å². The van der Waals surface area contributed by atoms with Crippen molar-refractivity contribution in [3.63, 3.8) is 0 Å². The summed E-state index contributed by atoms with van der Waals surface area (Å²) in [5.41, 5.74) is 6.37. The van der Waals surface area contributed by atoms with Gasteiger partial charge in [0.05, 0.1) is 4.90 Å². The average Bonchev–Trinajstić information content (AvgIpc) is 3.20. The Labute approximate surface area is 173 Å². The summed E-state index contributed by atoms with van der Waals surface area (Å²) in [6, 6.07) is 7.08. The third-order valence-electron chi connectivity index (χ3n) is 5.30. The van der Waals surface area contributed by atoms with Crippen LogP contribution in [0.5, 0.6) is 0 Å². The number of carbonyl (C=O) groups excluding carboxylic acids is 1. The molecule has 7 nitrogen and oxygen atoms in total. The summed E-state index contributed by atoms with van der Waals surface area (Å²) in [4.78, 5) is 16.7. The van der Waals surface area contributed by atoms with Crippen LogP contribution in [0.15, 0.2) is 34.2 Å². The Bertz CT molecular complexity index is 813. The van der Waals surface area contributed by atoms with Crippen LogP contribution in [0, 0.1) is 5.92 Å². The van der Waals surface area contributed by atoms with Gasteiger partial charge in [-0.3, -0.25) is 14.5 Å². The number of hydrogen-bond donors (Lipinski definition) is 3.